The minimum absolute atomic E-state index is 0.0327. The molecule has 0 atom stereocenters. The molecule has 3 aromatic heterocycles. The minimum atomic E-state index is -0.120. The Morgan fingerprint density at radius 2 is 1.97 bits per heavy atom. The van der Waals surface area contributed by atoms with Gasteiger partial charge in [0.25, 0.3) is 5.91 Å². The zero-order chi connectivity index (χ0) is 26.3. The Morgan fingerprint density at radius 1 is 1.18 bits per heavy atom. The summed E-state index contributed by atoms with van der Waals surface area (Å²) < 4.78 is 17.6. The number of amides is 1. The summed E-state index contributed by atoms with van der Waals surface area (Å²) in [5.74, 6) is 0.294. The average Bonchev–Trinajstić information content (AvgIpc) is 3.30. The summed E-state index contributed by atoms with van der Waals surface area (Å²) in [5, 5.41) is 32.6. The van der Waals surface area contributed by atoms with Gasteiger partial charge in [0.15, 0.2) is 5.65 Å². The van der Waals surface area contributed by atoms with Gasteiger partial charge in [0, 0.05) is 43.2 Å². The van der Waals surface area contributed by atoms with Gasteiger partial charge in [0.05, 0.1) is 29.9 Å². The van der Waals surface area contributed by atoms with E-state index >= 15 is 0 Å². The van der Waals surface area contributed by atoms with E-state index in [9.17, 15) is 9.90 Å². The van der Waals surface area contributed by atoms with Crippen molar-refractivity contribution in [1.29, 1.82) is 5.41 Å². The second-order valence-electron chi connectivity index (χ2n) is 9.57. The lowest BCUT2D eigenvalue weighted by Crippen LogP contribution is -2.67. The van der Waals surface area contributed by atoms with Gasteiger partial charge in [0.1, 0.15) is 24.7 Å². The highest BCUT2D eigenvalue weighted by atomic mass is 16.5. The molecule has 0 unspecified atom stereocenters. The number of likely N-dealkylation sites (tertiary alicyclic amines) is 1. The Labute approximate surface area is 217 Å². The molecule has 2 aliphatic heterocycles. The lowest BCUT2D eigenvalue weighted by molar-refractivity contribution is -0.176. The Morgan fingerprint density at radius 3 is 2.66 bits per heavy atom. The molecule has 1 spiro atoms. The number of aliphatic hydroxyl groups excluding tert-OH is 1. The van der Waals surface area contributed by atoms with Crippen molar-refractivity contribution >= 4 is 28.0 Å². The summed E-state index contributed by atoms with van der Waals surface area (Å²) in [4.78, 5) is 19.0. The second kappa shape index (κ2) is 9.47. The van der Waals surface area contributed by atoms with E-state index in [1.165, 1.54) is 17.7 Å². The molecule has 194 valence electrons. The van der Waals surface area contributed by atoms with Crippen LogP contribution in [-0.4, -0.2) is 86.4 Å². The standard InChI is InChI=1S/C26H25N7O5/c1-36-11-18(34)8-21(27)23-30-29-22-19-4-2-3-5-20(19)24(31-33(22)23)38-10-17-7-6-16(9-28-17)25(35)32-12-26(13-32)14-37-15-26/h2-9,27,34H,10-15H2,1H3/b18-8-,27-21?. The van der Waals surface area contributed by atoms with Crippen molar-refractivity contribution in [3.05, 3.63) is 71.5 Å². The first-order valence-electron chi connectivity index (χ1n) is 12.0. The number of fused-ring (bicyclic) bond motifs is 3. The van der Waals surface area contributed by atoms with Crippen molar-refractivity contribution < 1.29 is 24.1 Å². The number of carbonyl (C=O) groups excluding carboxylic acids is 1. The Kier molecular flexibility index (Phi) is 5.97. The van der Waals surface area contributed by atoms with Crippen LogP contribution in [0.4, 0.5) is 0 Å². The van der Waals surface area contributed by atoms with Crippen LogP contribution in [0.1, 0.15) is 21.9 Å². The molecule has 5 heterocycles. The fourth-order valence-corrected chi connectivity index (χ4v) is 4.69. The van der Waals surface area contributed by atoms with E-state index in [1.807, 2.05) is 29.2 Å². The maximum Gasteiger partial charge on any atom is 0.255 e. The maximum absolute atomic E-state index is 12.7. The van der Waals surface area contributed by atoms with E-state index in [0.717, 1.165) is 37.1 Å². The van der Waals surface area contributed by atoms with Crippen molar-refractivity contribution in [3.8, 4) is 5.88 Å². The topological polar surface area (TPSA) is 148 Å². The van der Waals surface area contributed by atoms with Crippen LogP contribution in [-0.2, 0) is 16.1 Å². The molecule has 4 aromatic rings. The lowest BCUT2D eigenvalue weighted by atomic mass is 9.78. The van der Waals surface area contributed by atoms with Crippen molar-refractivity contribution in [2.75, 3.05) is 40.0 Å². The second-order valence-corrected chi connectivity index (χ2v) is 9.57. The van der Waals surface area contributed by atoms with Gasteiger partial charge < -0.3 is 24.2 Å². The fourth-order valence-electron chi connectivity index (χ4n) is 4.69. The summed E-state index contributed by atoms with van der Waals surface area (Å²) in [6.45, 7) is 2.99. The SMILES string of the molecule is COC/C(O)=C/C(=N)c1nnc2c3ccccc3c(OCc3ccc(C(=O)N4CC5(COC5)C4)cn3)nn12. The minimum Gasteiger partial charge on any atom is -0.510 e. The third-order valence-electron chi connectivity index (χ3n) is 6.66. The van der Waals surface area contributed by atoms with Gasteiger partial charge in [-0.3, -0.25) is 15.2 Å². The van der Waals surface area contributed by atoms with E-state index < -0.39 is 0 Å². The number of benzene rings is 1. The van der Waals surface area contributed by atoms with Gasteiger partial charge in [-0.25, -0.2) is 0 Å². The number of ether oxygens (including phenoxy) is 3. The number of hydrogen-bond acceptors (Lipinski definition) is 10. The molecule has 0 aliphatic carbocycles. The van der Waals surface area contributed by atoms with Crippen LogP contribution >= 0.6 is 0 Å². The third kappa shape index (κ3) is 4.23. The molecule has 1 amide bonds. The Balaban J connectivity index is 1.22. The number of hydrogen-bond donors (Lipinski definition) is 2. The first-order chi connectivity index (χ1) is 18.5. The highest BCUT2D eigenvalue weighted by Gasteiger charge is 2.50. The summed E-state index contributed by atoms with van der Waals surface area (Å²) in [6.07, 6.45) is 2.81. The van der Waals surface area contributed by atoms with Crippen molar-refractivity contribution in [3.63, 3.8) is 0 Å². The molecule has 0 bridgehead atoms. The number of allylic oxidation sites excluding steroid dienone is 1. The summed E-state index contributed by atoms with van der Waals surface area (Å²) in [5.41, 5.74) is 1.70. The number of aliphatic hydroxyl groups is 1. The van der Waals surface area contributed by atoms with Crippen LogP contribution in [0.15, 0.2) is 54.4 Å². The normalized spacial score (nSPS) is 16.4. The van der Waals surface area contributed by atoms with Gasteiger partial charge in [-0.1, -0.05) is 18.2 Å². The first-order valence-corrected chi connectivity index (χ1v) is 12.0. The zero-order valence-corrected chi connectivity index (χ0v) is 20.6. The van der Waals surface area contributed by atoms with E-state index in [2.05, 4.69) is 20.3 Å². The van der Waals surface area contributed by atoms with Crippen molar-refractivity contribution in [1.82, 2.24) is 29.7 Å². The first kappa shape index (κ1) is 23.9. The number of nitrogens with zero attached hydrogens (tertiary/aromatic N) is 6. The molecular weight excluding hydrogens is 490 g/mol. The Bertz CT molecular complexity index is 1570. The Hall–Kier alpha value is -4.42. The molecular formula is C26H25N7O5. The van der Waals surface area contributed by atoms with E-state index in [0.29, 0.717) is 22.8 Å². The maximum atomic E-state index is 12.7. The molecule has 1 aromatic carbocycles. The van der Waals surface area contributed by atoms with Crippen LogP contribution in [0.2, 0.25) is 0 Å². The van der Waals surface area contributed by atoms with Gasteiger partial charge in [-0.15, -0.1) is 15.3 Å². The summed E-state index contributed by atoms with van der Waals surface area (Å²) in [6, 6.07) is 11.0. The number of nitrogens with one attached hydrogen (secondary N) is 1. The van der Waals surface area contributed by atoms with Crippen molar-refractivity contribution in [2.24, 2.45) is 5.41 Å². The van der Waals surface area contributed by atoms with Gasteiger partial charge in [0.2, 0.25) is 11.7 Å². The van der Waals surface area contributed by atoms with Crippen LogP contribution in [0.5, 0.6) is 5.88 Å². The highest BCUT2D eigenvalue weighted by molar-refractivity contribution is 6.05. The predicted molar refractivity (Wildman–Crippen MR) is 135 cm³/mol. The van der Waals surface area contributed by atoms with Gasteiger partial charge in [-0.05, 0) is 18.2 Å². The molecule has 6 rings (SSSR count). The summed E-state index contributed by atoms with van der Waals surface area (Å²) in [7, 11) is 1.45. The third-order valence-corrected chi connectivity index (χ3v) is 6.66. The largest absolute Gasteiger partial charge is 0.510 e. The van der Waals surface area contributed by atoms with Crippen LogP contribution in [0.25, 0.3) is 16.4 Å². The van der Waals surface area contributed by atoms with E-state index in [1.54, 1.807) is 18.3 Å². The predicted octanol–water partition coefficient (Wildman–Crippen LogP) is 2.18. The zero-order valence-electron chi connectivity index (χ0n) is 20.6. The highest BCUT2D eigenvalue weighted by Crippen LogP contribution is 2.38. The van der Waals surface area contributed by atoms with Gasteiger partial charge >= 0.3 is 0 Å². The molecule has 2 saturated heterocycles. The molecule has 38 heavy (non-hydrogen) atoms. The summed E-state index contributed by atoms with van der Waals surface area (Å²) >= 11 is 0. The monoisotopic (exact) mass is 515 g/mol. The van der Waals surface area contributed by atoms with E-state index in [4.69, 9.17) is 19.6 Å². The number of carbonyl (C=O) groups is 1. The molecule has 0 radical (unpaired) electrons. The van der Waals surface area contributed by atoms with Gasteiger partial charge in [-0.2, -0.15) is 4.52 Å². The van der Waals surface area contributed by atoms with Crippen LogP contribution < -0.4 is 4.74 Å². The van der Waals surface area contributed by atoms with E-state index in [-0.39, 0.29) is 41.8 Å². The number of pyridine rings is 1. The molecule has 12 heteroatoms. The molecule has 2 N–H and O–H groups in total. The smallest absolute Gasteiger partial charge is 0.255 e. The quantitative estimate of drug-likeness (QED) is 0.266. The van der Waals surface area contributed by atoms with Crippen LogP contribution in [0, 0.1) is 10.8 Å². The molecule has 2 aliphatic rings. The molecule has 0 saturated carbocycles. The van der Waals surface area contributed by atoms with Crippen molar-refractivity contribution in [2.45, 2.75) is 6.61 Å². The number of aromatic nitrogens is 5. The lowest BCUT2D eigenvalue weighted by Gasteiger charge is -2.54. The number of rotatable bonds is 8. The number of methoxy groups -OCH3 is 1. The van der Waals surface area contributed by atoms with Crippen LogP contribution in [0.3, 0.4) is 0 Å². The molecule has 12 nitrogen and oxygen atoms in total. The molecule has 2 fully saturated rings. The fraction of sp³-hybridized carbons (Fsp3) is 0.308. The average molecular weight is 516 g/mol.